The lowest BCUT2D eigenvalue weighted by molar-refractivity contribution is -0.144. The second-order valence-corrected chi connectivity index (χ2v) is 20.2. The number of amides is 4. The second kappa shape index (κ2) is 25.0. The number of nitrogens with zero attached hydrogens (tertiary/aromatic N) is 4. The van der Waals surface area contributed by atoms with E-state index in [1.54, 1.807) is 71.6 Å². The number of ether oxygens (including phenoxy) is 3. The molecule has 76 heavy (non-hydrogen) atoms. The summed E-state index contributed by atoms with van der Waals surface area (Å²) in [5.74, 6) is -0.977. The second-order valence-electron chi connectivity index (χ2n) is 18.6. The van der Waals surface area contributed by atoms with Crippen LogP contribution in [0.4, 0.5) is 21.0 Å². The van der Waals surface area contributed by atoms with Gasteiger partial charge in [0.05, 0.1) is 32.4 Å². The number of carbonyl (C=O) groups excluding carboxylic acids is 5. The van der Waals surface area contributed by atoms with Gasteiger partial charge in [-0.3, -0.25) is 44.1 Å². The van der Waals surface area contributed by atoms with Crippen LogP contribution >= 0.6 is 0 Å². The number of rotatable bonds is 17. The van der Waals surface area contributed by atoms with Gasteiger partial charge in [-0.1, -0.05) is 74.0 Å². The number of piperazine rings is 1. The Morgan fingerprint density at radius 3 is 1.55 bits per heavy atom. The predicted molar refractivity (Wildman–Crippen MR) is 289 cm³/mol. The average Bonchev–Trinajstić information content (AvgIpc) is 4.01. The van der Waals surface area contributed by atoms with E-state index in [1.165, 1.54) is 4.90 Å². The molecule has 3 aliphatic heterocycles. The van der Waals surface area contributed by atoms with Crippen LogP contribution in [0.25, 0.3) is 21.5 Å². The number of carbonyl (C=O) groups is 5. The zero-order valence-corrected chi connectivity index (χ0v) is 43.1. The Kier molecular flexibility index (Phi) is 17.8. The number of cyclic esters (lactones) is 2. The lowest BCUT2D eigenvalue weighted by Crippen LogP contribution is -2.49. The molecule has 2 atom stereocenters. The summed E-state index contributed by atoms with van der Waals surface area (Å²) >= 11 is 0. The van der Waals surface area contributed by atoms with Gasteiger partial charge in [0.25, 0.3) is 21.9 Å². The molecule has 2 unspecified atom stereocenters. The number of fused-ring (bicyclic) bond motifs is 2. The maximum Gasteiger partial charge on any atom is 0.414 e. The summed E-state index contributed by atoms with van der Waals surface area (Å²) in [7, 11) is -3.64. The highest BCUT2D eigenvalue weighted by Crippen LogP contribution is 2.25. The number of amidine groups is 2. The molecule has 0 aromatic heterocycles. The molecule has 3 fully saturated rings. The van der Waals surface area contributed by atoms with Gasteiger partial charge < -0.3 is 29.7 Å². The smallest absolute Gasteiger partial charge is 0.414 e. The molecule has 0 radical (unpaired) electrons. The minimum absolute atomic E-state index is 0.0147. The number of hydrogen-bond acceptors (Lipinski definition) is 15. The molecule has 396 valence electrons. The Hall–Kier alpha value is -8.04. The molecule has 4 amide bonds. The first-order valence-corrected chi connectivity index (χ1v) is 26.8. The molecule has 0 bridgehead atoms. The van der Waals surface area contributed by atoms with Gasteiger partial charge in [0.15, 0.2) is 0 Å². The fourth-order valence-corrected chi connectivity index (χ4v) is 9.17. The molecular weight excluding hydrogens is 993 g/mol. The van der Waals surface area contributed by atoms with E-state index in [0.717, 1.165) is 66.8 Å². The zero-order valence-electron chi connectivity index (χ0n) is 42.2. The van der Waals surface area contributed by atoms with Gasteiger partial charge in [0.2, 0.25) is 0 Å². The van der Waals surface area contributed by atoms with Crippen molar-refractivity contribution in [2.24, 2.45) is 0 Å². The SMILES string of the molecule is CCCCOC(=O)CCN1CCN(CC2CN(c3ccc(C(=N)NC(=O)c4ccc5ccccc5c4)cc3)C(=O)O2)CC1.CS(=O)(=O)OCC1CN(c2ccc(C(=N)NC(=O)c3ccc4ccccc4c3)cc2)C(=O)O1. The first kappa shape index (κ1) is 54.2. The van der Waals surface area contributed by atoms with Crippen molar-refractivity contribution in [3.63, 3.8) is 0 Å². The van der Waals surface area contributed by atoms with Gasteiger partial charge in [-0.2, -0.15) is 8.42 Å². The number of unbranched alkanes of at least 4 members (excludes halogenated alkanes) is 1. The van der Waals surface area contributed by atoms with E-state index in [4.69, 9.17) is 29.2 Å². The average molecular weight is 1050 g/mol. The van der Waals surface area contributed by atoms with Crippen LogP contribution < -0.4 is 20.4 Å². The molecular formula is C56H60N8O11S. The summed E-state index contributed by atoms with van der Waals surface area (Å²) in [4.78, 5) is 69.5. The molecule has 9 rings (SSSR count). The largest absolute Gasteiger partial charge is 0.466 e. The number of benzene rings is 6. The molecule has 3 aliphatic rings. The van der Waals surface area contributed by atoms with Crippen molar-refractivity contribution in [1.82, 2.24) is 20.4 Å². The van der Waals surface area contributed by atoms with Gasteiger partial charge in [-0.05, 0) is 101 Å². The number of esters is 1. The summed E-state index contributed by atoms with van der Waals surface area (Å²) in [5, 5.41) is 25.8. The Morgan fingerprint density at radius 2 is 1.07 bits per heavy atom. The fourth-order valence-electron chi connectivity index (χ4n) is 8.77. The predicted octanol–water partition coefficient (Wildman–Crippen LogP) is 7.17. The van der Waals surface area contributed by atoms with Crippen LogP contribution in [0.2, 0.25) is 0 Å². The molecule has 3 heterocycles. The third kappa shape index (κ3) is 14.6. The third-order valence-electron chi connectivity index (χ3n) is 13.0. The van der Waals surface area contributed by atoms with Crippen molar-refractivity contribution in [2.75, 3.05) is 81.6 Å². The first-order chi connectivity index (χ1) is 36.6. The number of hydrogen-bond donors (Lipinski definition) is 4. The van der Waals surface area contributed by atoms with Crippen molar-refractivity contribution in [1.29, 1.82) is 10.8 Å². The Morgan fingerprint density at radius 1 is 0.618 bits per heavy atom. The summed E-state index contributed by atoms with van der Waals surface area (Å²) in [6.07, 6.45) is 1.27. The summed E-state index contributed by atoms with van der Waals surface area (Å²) in [6, 6.07) is 39.7. The Balaban J connectivity index is 0.000000209. The number of anilines is 2. The van der Waals surface area contributed by atoms with E-state index in [9.17, 15) is 32.4 Å². The highest BCUT2D eigenvalue weighted by atomic mass is 32.2. The van der Waals surface area contributed by atoms with E-state index >= 15 is 0 Å². The van der Waals surface area contributed by atoms with Crippen LogP contribution in [0.3, 0.4) is 0 Å². The molecule has 6 aromatic rings. The van der Waals surface area contributed by atoms with E-state index in [-0.39, 0.29) is 42.8 Å². The van der Waals surface area contributed by atoms with Crippen LogP contribution in [-0.2, 0) is 33.3 Å². The van der Waals surface area contributed by atoms with Crippen molar-refractivity contribution in [3.8, 4) is 0 Å². The van der Waals surface area contributed by atoms with Gasteiger partial charge in [-0.25, -0.2) is 9.59 Å². The van der Waals surface area contributed by atoms with Crippen LogP contribution in [0.15, 0.2) is 133 Å². The highest BCUT2D eigenvalue weighted by molar-refractivity contribution is 7.86. The van der Waals surface area contributed by atoms with Crippen LogP contribution in [0, 0.1) is 10.8 Å². The van der Waals surface area contributed by atoms with Crippen LogP contribution in [0.1, 0.15) is 58.0 Å². The molecule has 0 saturated carbocycles. The summed E-state index contributed by atoms with van der Waals surface area (Å²) in [5.41, 5.74) is 3.11. The van der Waals surface area contributed by atoms with E-state index < -0.39 is 34.3 Å². The molecule has 20 heteroatoms. The molecule has 3 saturated heterocycles. The monoisotopic (exact) mass is 1050 g/mol. The molecule has 19 nitrogen and oxygen atoms in total. The Bertz CT molecular complexity index is 3220. The van der Waals surface area contributed by atoms with Crippen molar-refractivity contribution < 1.29 is 50.8 Å². The maximum absolute atomic E-state index is 12.8. The van der Waals surface area contributed by atoms with Gasteiger partial charge >= 0.3 is 18.2 Å². The lowest BCUT2D eigenvalue weighted by Gasteiger charge is -2.35. The van der Waals surface area contributed by atoms with E-state index in [1.807, 2.05) is 66.7 Å². The van der Waals surface area contributed by atoms with Crippen LogP contribution in [-0.4, -0.2) is 144 Å². The molecule has 4 N–H and O–H groups in total. The lowest BCUT2D eigenvalue weighted by atomic mass is 10.1. The van der Waals surface area contributed by atoms with Gasteiger partial charge in [0, 0.05) is 72.9 Å². The van der Waals surface area contributed by atoms with Crippen molar-refractivity contribution in [2.45, 2.75) is 38.4 Å². The topological polar surface area (TPSA) is 241 Å². The summed E-state index contributed by atoms with van der Waals surface area (Å²) in [6.45, 7) is 7.65. The molecule has 0 aliphatic carbocycles. The first-order valence-electron chi connectivity index (χ1n) is 25.0. The minimum Gasteiger partial charge on any atom is -0.466 e. The number of nitrogens with one attached hydrogen (secondary N) is 4. The van der Waals surface area contributed by atoms with Gasteiger partial charge in [-0.15, -0.1) is 0 Å². The van der Waals surface area contributed by atoms with Crippen LogP contribution in [0.5, 0.6) is 0 Å². The summed E-state index contributed by atoms with van der Waals surface area (Å²) < 4.78 is 43.0. The standard InChI is InChI=1S/C33H39N5O5.C23H21N3O6S/c1-2-3-20-42-30(39)14-15-36-16-18-37(19-17-36)22-29-23-38(33(41)43-29)28-12-10-25(11-13-28)31(34)35-32(40)27-9-8-24-6-4-5-7-26(24)21-27;1-33(29,30)31-14-20-13-26(23(28)32-20)19-10-8-16(9-11-19)21(24)25-22(27)18-7-6-15-4-2-3-5-17(15)12-18/h4-13,21,29H,2-3,14-20,22-23H2,1H3,(H2,34,35,40);2-12,20H,13-14H2,1H3,(H2,24,25,27). The minimum atomic E-state index is -3.64. The van der Waals surface area contributed by atoms with E-state index in [2.05, 4.69) is 27.4 Å². The third-order valence-corrected chi connectivity index (χ3v) is 13.5. The highest BCUT2D eigenvalue weighted by Gasteiger charge is 2.35. The normalized spacial score (nSPS) is 16.9. The fraction of sp³-hybridized carbons (Fsp3) is 0.304. The molecule has 6 aromatic carbocycles. The van der Waals surface area contributed by atoms with Crippen molar-refractivity contribution >= 4 is 84.7 Å². The maximum atomic E-state index is 12.8. The molecule has 0 spiro atoms. The zero-order chi connectivity index (χ0) is 53.8. The quantitative estimate of drug-likeness (QED) is 0.0177. The Labute approximate surface area is 440 Å². The van der Waals surface area contributed by atoms with Crippen molar-refractivity contribution in [3.05, 3.63) is 156 Å². The van der Waals surface area contributed by atoms with Gasteiger partial charge in [0.1, 0.15) is 30.5 Å². The van der Waals surface area contributed by atoms with E-state index in [0.29, 0.717) is 66.3 Å².